The van der Waals surface area contributed by atoms with E-state index in [-0.39, 0.29) is 29.6 Å². The summed E-state index contributed by atoms with van der Waals surface area (Å²) in [5, 5.41) is 3.28. The Balaban J connectivity index is 1.22. The summed E-state index contributed by atoms with van der Waals surface area (Å²) in [4.78, 5) is 43.3. The zero-order chi connectivity index (χ0) is 28.1. The van der Waals surface area contributed by atoms with Gasteiger partial charge in [-0.3, -0.25) is 14.4 Å². The number of benzene rings is 3. The van der Waals surface area contributed by atoms with Gasteiger partial charge in [-0.2, -0.15) is 0 Å². The molecule has 0 unspecified atom stereocenters. The Morgan fingerprint density at radius 1 is 0.800 bits per heavy atom. The van der Waals surface area contributed by atoms with Crippen LogP contribution < -0.4 is 10.2 Å². The van der Waals surface area contributed by atoms with Crippen LogP contribution in [0.3, 0.4) is 0 Å². The van der Waals surface area contributed by atoms with Gasteiger partial charge < -0.3 is 15.1 Å². The molecule has 0 spiro atoms. The van der Waals surface area contributed by atoms with E-state index in [2.05, 4.69) is 10.2 Å². The first kappa shape index (κ1) is 27.6. The van der Waals surface area contributed by atoms with Gasteiger partial charge >= 0.3 is 0 Å². The Labute approximate surface area is 237 Å². The summed E-state index contributed by atoms with van der Waals surface area (Å²) >= 11 is 0. The predicted molar refractivity (Wildman–Crippen MR) is 158 cm³/mol. The maximum Gasteiger partial charge on any atom is 0.231 e. The third-order valence-corrected chi connectivity index (χ3v) is 8.82. The minimum absolute atomic E-state index is 0.00361. The molecule has 2 heterocycles. The van der Waals surface area contributed by atoms with Crippen LogP contribution in [0, 0.1) is 5.92 Å². The molecule has 6 heteroatoms. The van der Waals surface area contributed by atoms with E-state index in [4.69, 9.17) is 0 Å². The van der Waals surface area contributed by atoms with Gasteiger partial charge in [0.15, 0.2) is 5.78 Å². The SMILES string of the molecule is CC(=O)c1ccc(N2CCC(C(=O)N3CCC(C(=O)N[C@@H](C)c4ccccc4)(c4ccccc4)CC3)CC2)cc1. The van der Waals surface area contributed by atoms with E-state index in [1.807, 2.05) is 96.8 Å². The molecule has 2 saturated heterocycles. The summed E-state index contributed by atoms with van der Waals surface area (Å²) in [7, 11) is 0. The molecule has 3 aromatic rings. The normalized spacial score (nSPS) is 18.1. The van der Waals surface area contributed by atoms with Crippen molar-refractivity contribution in [2.75, 3.05) is 31.1 Å². The van der Waals surface area contributed by atoms with Gasteiger partial charge in [0.05, 0.1) is 11.5 Å². The van der Waals surface area contributed by atoms with Gasteiger partial charge in [0.2, 0.25) is 11.8 Å². The Bertz CT molecular complexity index is 1310. The van der Waals surface area contributed by atoms with Crippen LogP contribution >= 0.6 is 0 Å². The first-order valence-corrected chi connectivity index (χ1v) is 14.4. The number of rotatable bonds is 7. The van der Waals surface area contributed by atoms with Crippen LogP contribution in [0.2, 0.25) is 0 Å². The van der Waals surface area contributed by atoms with E-state index in [9.17, 15) is 14.4 Å². The second kappa shape index (κ2) is 12.1. The number of carbonyl (C=O) groups excluding carboxylic acids is 3. The number of Topliss-reactive ketones (excluding diaryl/α,β-unsaturated/α-hetero) is 1. The van der Waals surface area contributed by atoms with E-state index >= 15 is 0 Å². The molecule has 0 aliphatic carbocycles. The topological polar surface area (TPSA) is 69.7 Å². The van der Waals surface area contributed by atoms with Crippen molar-refractivity contribution in [2.45, 2.75) is 51.0 Å². The number of anilines is 1. The third-order valence-electron chi connectivity index (χ3n) is 8.82. The summed E-state index contributed by atoms with van der Waals surface area (Å²) in [5.74, 6) is 0.318. The van der Waals surface area contributed by atoms with E-state index in [0.29, 0.717) is 31.5 Å². The highest BCUT2D eigenvalue weighted by Crippen LogP contribution is 2.37. The number of nitrogens with zero attached hydrogens (tertiary/aromatic N) is 2. The second-order valence-electron chi connectivity index (χ2n) is 11.2. The highest BCUT2D eigenvalue weighted by Gasteiger charge is 2.44. The molecular weight excluding hydrogens is 498 g/mol. The van der Waals surface area contributed by atoms with Crippen molar-refractivity contribution in [3.8, 4) is 0 Å². The van der Waals surface area contributed by atoms with Crippen LogP contribution in [0.15, 0.2) is 84.9 Å². The lowest BCUT2D eigenvalue weighted by atomic mass is 9.71. The summed E-state index contributed by atoms with van der Waals surface area (Å²) < 4.78 is 0. The molecule has 2 aliphatic heterocycles. The lowest BCUT2D eigenvalue weighted by molar-refractivity contribution is -0.140. The van der Waals surface area contributed by atoms with E-state index < -0.39 is 5.41 Å². The largest absolute Gasteiger partial charge is 0.371 e. The van der Waals surface area contributed by atoms with Gasteiger partial charge in [-0.25, -0.2) is 0 Å². The number of likely N-dealkylation sites (tertiary alicyclic amines) is 1. The average Bonchev–Trinajstić information content (AvgIpc) is 3.01. The Morgan fingerprint density at radius 3 is 1.95 bits per heavy atom. The molecule has 1 N–H and O–H groups in total. The Kier molecular flexibility index (Phi) is 8.34. The van der Waals surface area contributed by atoms with Crippen molar-refractivity contribution >= 4 is 23.3 Å². The number of amides is 2. The highest BCUT2D eigenvalue weighted by atomic mass is 16.2. The Hall–Kier alpha value is -3.93. The number of hydrogen-bond acceptors (Lipinski definition) is 4. The van der Waals surface area contributed by atoms with Crippen molar-refractivity contribution < 1.29 is 14.4 Å². The van der Waals surface area contributed by atoms with Crippen LogP contribution in [0.1, 0.15) is 67.1 Å². The monoisotopic (exact) mass is 537 g/mol. The van der Waals surface area contributed by atoms with E-state index in [0.717, 1.165) is 42.7 Å². The van der Waals surface area contributed by atoms with E-state index in [1.54, 1.807) is 6.92 Å². The standard InChI is InChI=1S/C34H39N3O3/c1-25(27-9-5-3-6-10-27)35-33(40)34(30-11-7-4-8-12-30)19-23-37(24-20-34)32(39)29-17-21-36(22-18-29)31-15-13-28(14-16-31)26(2)38/h3-16,25,29H,17-24H2,1-2H3,(H,35,40)/t25-/m0/s1. The fourth-order valence-corrected chi connectivity index (χ4v) is 6.22. The van der Waals surface area contributed by atoms with Gasteiger partial charge in [0.25, 0.3) is 0 Å². The van der Waals surface area contributed by atoms with Gasteiger partial charge in [-0.1, -0.05) is 60.7 Å². The fourth-order valence-electron chi connectivity index (χ4n) is 6.22. The molecule has 1 atom stereocenters. The summed E-state index contributed by atoms with van der Waals surface area (Å²) in [6, 6.07) is 27.7. The maximum absolute atomic E-state index is 13.9. The molecule has 0 bridgehead atoms. The second-order valence-corrected chi connectivity index (χ2v) is 11.2. The number of hydrogen-bond donors (Lipinski definition) is 1. The minimum atomic E-state index is -0.656. The molecule has 2 fully saturated rings. The van der Waals surface area contributed by atoms with Crippen molar-refractivity contribution in [1.82, 2.24) is 10.2 Å². The minimum Gasteiger partial charge on any atom is -0.371 e. The first-order valence-electron chi connectivity index (χ1n) is 14.4. The van der Waals surface area contributed by atoms with Crippen LogP contribution in [-0.2, 0) is 15.0 Å². The fraction of sp³-hybridized carbons (Fsp3) is 0.382. The van der Waals surface area contributed by atoms with Crippen LogP contribution in [0.25, 0.3) is 0 Å². The quantitative estimate of drug-likeness (QED) is 0.402. The number of ketones is 1. The lowest BCUT2D eigenvalue weighted by Crippen LogP contribution is -2.54. The van der Waals surface area contributed by atoms with Gasteiger partial charge in [-0.05, 0) is 74.9 Å². The van der Waals surface area contributed by atoms with Crippen LogP contribution in [0.5, 0.6) is 0 Å². The molecule has 2 amide bonds. The third kappa shape index (κ3) is 5.81. The maximum atomic E-state index is 13.9. The molecule has 6 nitrogen and oxygen atoms in total. The van der Waals surface area contributed by atoms with Crippen LogP contribution in [0.4, 0.5) is 5.69 Å². The van der Waals surface area contributed by atoms with Crippen molar-refractivity contribution in [1.29, 1.82) is 0 Å². The highest BCUT2D eigenvalue weighted by molar-refractivity contribution is 5.94. The summed E-state index contributed by atoms with van der Waals surface area (Å²) in [5.41, 5.74) is 3.25. The number of carbonyl (C=O) groups is 3. The zero-order valence-electron chi connectivity index (χ0n) is 23.5. The zero-order valence-corrected chi connectivity index (χ0v) is 23.5. The molecule has 0 saturated carbocycles. The predicted octanol–water partition coefficient (Wildman–Crippen LogP) is 5.54. The van der Waals surface area contributed by atoms with Crippen molar-refractivity contribution in [2.24, 2.45) is 5.92 Å². The molecular formula is C34H39N3O3. The van der Waals surface area contributed by atoms with E-state index in [1.165, 1.54) is 0 Å². The first-order chi connectivity index (χ1) is 19.4. The number of nitrogens with one attached hydrogen (secondary N) is 1. The Morgan fingerprint density at radius 2 is 1.38 bits per heavy atom. The summed E-state index contributed by atoms with van der Waals surface area (Å²) in [6.07, 6.45) is 2.83. The summed E-state index contributed by atoms with van der Waals surface area (Å²) in [6.45, 7) is 6.39. The molecule has 0 radical (unpaired) electrons. The van der Waals surface area contributed by atoms with Gasteiger partial charge in [0.1, 0.15) is 0 Å². The van der Waals surface area contributed by atoms with Crippen LogP contribution in [-0.4, -0.2) is 48.7 Å². The van der Waals surface area contributed by atoms with Crippen molar-refractivity contribution in [3.05, 3.63) is 102 Å². The van der Waals surface area contributed by atoms with Gasteiger partial charge in [-0.15, -0.1) is 0 Å². The molecule has 2 aliphatic rings. The number of piperidine rings is 2. The molecule has 208 valence electrons. The molecule has 3 aromatic carbocycles. The smallest absolute Gasteiger partial charge is 0.231 e. The van der Waals surface area contributed by atoms with Crippen molar-refractivity contribution in [3.63, 3.8) is 0 Å². The average molecular weight is 538 g/mol. The lowest BCUT2D eigenvalue weighted by Gasteiger charge is -2.43. The van der Waals surface area contributed by atoms with Gasteiger partial charge in [0, 0.05) is 43.3 Å². The molecule has 5 rings (SSSR count). The molecule has 0 aromatic heterocycles. The molecule has 40 heavy (non-hydrogen) atoms.